The molecule has 1 atom stereocenters. The van der Waals surface area contributed by atoms with Crippen molar-refractivity contribution in [3.63, 3.8) is 0 Å². The molecule has 1 aliphatic heterocycles. The maximum absolute atomic E-state index is 13.5. The zero-order valence-electron chi connectivity index (χ0n) is 30.3. The Kier molecular flexibility index (Phi) is 16.0. The summed E-state index contributed by atoms with van der Waals surface area (Å²) in [6.07, 6.45) is 17.0. The molecule has 0 spiro atoms. The van der Waals surface area contributed by atoms with Crippen LogP contribution in [-0.4, -0.2) is 101 Å². The number of hydrogen-bond donors (Lipinski definition) is 0. The van der Waals surface area contributed by atoms with Crippen LogP contribution in [-0.2, 0) is 17.9 Å². The molecular formula is C38H56FN7O2Sn. The minimum absolute atomic E-state index is 0.0265. The van der Waals surface area contributed by atoms with Crippen LogP contribution in [0.2, 0.25) is 3.43 Å². The molecule has 1 aliphatic rings. The van der Waals surface area contributed by atoms with Crippen LogP contribution in [0.3, 0.4) is 0 Å². The molecule has 1 aromatic carbocycles. The van der Waals surface area contributed by atoms with Crippen molar-refractivity contribution in [3.8, 4) is 5.75 Å². The summed E-state index contributed by atoms with van der Waals surface area (Å²) in [5.74, 6) is 1.25. The van der Waals surface area contributed by atoms with Crippen LogP contribution in [0.1, 0.15) is 108 Å². The third-order valence-electron chi connectivity index (χ3n) is 9.37. The van der Waals surface area contributed by atoms with Gasteiger partial charge in [-0.3, -0.25) is 4.98 Å². The third kappa shape index (κ3) is 12.2. The zero-order chi connectivity index (χ0) is 35.1. The Hall–Kier alpha value is -2.86. The monoisotopic (exact) mass is 781 g/mol. The van der Waals surface area contributed by atoms with E-state index in [-0.39, 0.29) is 18.6 Å². The van der Waals surface area contributed by atoms with E-state index in [0.29, 0.717) is 34.6 Å². The Morgan fingerprint density at radius 3 is 2.37 bits per heavy atom. The Balaban J connectivity index is 1.47. The second-order valence-corrected chi connectivity index (χ2v) is 18.9. The number of piperazine rings is 1. The van der Waals surface area contributed by atoms with Gasteiger partial charge in [0.2, 0.25) is 0 Å². The third-order valence-corrected chi connectivity index (χ3v) is 14.7. The van der Waals surface area contributed by atoms with Crippen LogP contribution in [0, 0.1) is 6.92 Å². The Labute approximate surface area is 303 Å². The first-order valence-corrected chi connectivity index (χ1v) is 21.1. The van der Waals surface area contributed by atoms with Gasteiger partial charge in [-0.05, 0) is 12.1 Å². The molecule has 0 bridgehead atoms. The van der Waals surface area contributed by atoms with E-state index in [0.717, 1.165) is 29.9 Å². The number of halogens is 1. The fraction of sp³-hybridized carbons (Fsp3) is 0.605. The topological polar surface area (TPSA) is 89.3 Å². The SMILES string of the molecule is CCCC[C](CCCC)(CCCC)[Sn][c]1ccc(/C=C/C(=O)N2CCN(Cc3ccc(OCCF)cn3)C[C@H]2C)c(Cn2nnc(C)n2)c1. The van der Waals surface area contributed by atoms with E-state index in [9.17, 15) is 9.18 Å². The van der Waals surface area contributed by atoms with Gasteiger partial charge in [0.25, 0.3) is 0 Å². The van der Waals surface area contributed by atoms with E-state index < -0.39 is 27.8 Å². The molecule has 0 aliphatic carbocycles. The summed E-state index contributed by atoms with van der Waals surface area (Å²) in [5, 5.41) is 12.9. The van der Waals surface area contributed by atoms with Gasteiger partial charge in [-0.15, -0.1) is 0 Å². The number of rotatable bonds is 20. The van der Waals surface area contributed by atoms with Gasteiger partial charge in [-0.1, -0.05) is 0 Å². The summed E-state index contributed by atoms with van der Waals surface area (Å²) in [4.78, 5) is 24.0. The molecule has 2 aromatic heterocycles. The summed E-state index contributed by atoms with van der Waals surface area (Å²) in [7, 11) is 0. The van der Waals surface area contributed by atoms with Gasteiger partial charge < -0.3 is 4.74 Å². The van der Waals surface area contributed by atoms with Crippen LogP contribution in [0.4, 0.5) is 4.39 Å². The van der Waals surface area contributed by atoms with Gasteiger partial charge in [0.15, 0.2) is 0 Å². The number of aryl methyl sites for hydroxylation is 1. The van der Waals surface area contributed by atoms with Crippen molar-refractivity contribution < 1.29 is 13.9 Å². The van der Waals surface area contributed by atoms with Crippen molar-refractivity contribution in [1.29, 1.82) is 0 Å². The van der Waals surface area contributed by atoms with Crippen molar-refractivity contribution >= 4 is 36.7 Å². The second kappa shape index (κ2) is 20.1. The van der Waals surface area contributed by atoms with E-state index in [4.69, 9.17) is 4.74 Å². The summed E-state index contributed by atoms with van der Waals surface area (Å²) < 4.78 is 19.7. The number of amides is 1. The van der Waals surface area contributed by atoms with Gasteiger partial charge in [0.05, 0.1) is 11.9 Å². The van der Waals surface area contributed by atoms with E-state index in [1.807, 2.05) is 30.0 Å². The average Bonchev–Trinajstić information content (AvgIpc) is 3.52. The standard InChI is InChI=1S/C25H29FN7O2.C13H27.Sn/c1-19-16-31(18-23-8-9-24(15-27-23)35-14-11-26)12-13-32(19)25(34)10-7-21-5-3-4-6-22(21)17-33-29-20(2)28-30-33;1-4-7-10-13(11-8-5-2)12-9-6-3;/h3,5-10,15,19H,11-14,16-18H2,1-2H3;4-12H2,1-3H3;/b10-7+;;/t19-;;/m1../s1. The molecule has 0 N–H and O–H groups in total. The number of carbonyl (C=O) groups excluding carboxylic acids is 1. The van der Waals surface area contributed by atoms with Crippen LogP contribution >= 0.6 is 0 Å². The number of nitrogens with zero attached hydrogens (tertiary/aromatic N) is 7. The zero-order valence-corrected chi connectivity index (χ0v) is 33.2. The van der Waals surface area contributed by atoms with Gasteiger partial charge in [-0.25, -0.2) is 4.39 Å². The minimum atomic E-state index is -0.932. The molecule has 1 saturated heterocycles. The molecule has 4 rings (SSSR count). The quantitative estimate of drug-likeness (QED) is 0.0947. The molecule has 9 nitrogen and oxygen atoms in total. The van der Waals surface area contributed by atoms with E-state index >= 15 is 0 Å². The average molecular weight is 781 g/mol. The van der Waals surface area contributed by atoms with Crippen molar-refractivity contribution in [2.45, 2.75) is 115 Å². The Morgan fingerprint density at radius 1 is 1.04 bits per heavy atom. The van der Waals surface area contributed by atoms with Gasteiger partial charge in [-0.2, -0.15) is 0 Å². The van der Waals surface area contributed by atoms with Crippen molar-refractivity contribution in [2.24, 2.45) is 0 Å². The van der Waals surface area contributed by atoms with Gasteiger partial charge >= 0.3 is 247 Å². The molecular weight excluding hydrogens is 724 g/mol. The van der Waals surface area contributed by atoms with Crippen LogP contribution in [0.25, 0.3) is 6.08 Å². The predicted molar refractivity (Wildman–Crippen MR) is 196 cm³/mol. The van der Waals surface area contributed by atoms with Crippen LogP contribution in [0.15, 0.2) is 42.6 Å². The Morgan fingerprint density at radius 2 is 1.78 bits per heavy atom. The number of benzene rings is 1. The molecule has 0 unspecified atom stereocenters. The summed E-state index contributed by atoms with van der Waals surface area (Å²) in [6, 6.07) is 10.8. The van der Waals surface area contributed by atoms with Gasteiger partial charge in [0.1, 0.15) is 19.0 Å². The molecule has 3 heterocycles. The number of alkyl halides is 1. The first-order valence-electron chi connectivity index (χ1n) is 18.3. The fourth-order valence-corrected chi connectivity index (χ4v) is 12.2. The molecule has 3 aromatic rings. The molecule has 1 fully saturated rings. The molecule has 0 saturated carbocycles. The first kappa shape index (κ1) is 38.9. The number of carbonyl (C=O) groups is 1. The number of pyridine rings is 1. The second-order valence-electron chi connectivity index (χ2n) is 13.5. The first-order chi connectivity index (χ1) is 23.8. The normalized spacial score (nSPS) is 15.7. The Bertz CT molecular complexity index is 1440. The summed E-state index contributed by atoms with van der Waals surface area (Å²) in [5.41, 5.74) is 3.10. The number of ether oxygens (including phenoxy) is 1. The van der Waals surface area contributed by atoms with Crippen LogP contribution in [0.5, 0.6) is 5.75 Å². The van der Waals surface area contributed by atoms with E-state index in [1.165, 1.54) is 61.4 Å². The number of hydrogen-bond acceptors (Lipinski definition) is 7. The van der Waals surface area contributed by atoms with Crippen molar-refractivity contribution in [1.82, 2.24) is 35.0 Å². The number of aromatic nitrogens is 5. The van der Waals surface area contributed by atoms with E-state index in [1.54, 1.807) is 17.1 Å². The predicted octanol–water partition coefficient (Wildman–Crippen LogP) is 6.58. The number of tetrazole rings is 1. The summed E-state index contributed by atoms with van der Waals surface area (Å²) in [6.45, 7) is 13.8. The van der Waals surface area contributed by atoms with Crippen LogP contribution < -0.4 is 8.32 Å². The van der Waals surface area contributed by atoms with Crippen molar-refractivity contribution in [3.05, 3.63) is 65.2 Å². The number of unbranched alkanes of at least 4 members (excludes halogenated alkanes) is 3. The molecule has 49 heavy (non-hydrogen) atoms. The van der Waals surface area contributed by atoms with E-state index in [2.05, 4.69) is 71.2 Å². The van der Waals surface area contributed by atoms with Gasteiger partial charge in [0, 0.05) is 0 Å². The fourth-order valence-electron chi connectivity index (χ4n) is 6.68. The maximum atomic E-state index is 13.5. The van der Waals surface area contributed by atoms with Crippen molar-refractivity contribution in [2.75, 3.05) is 32.9 Å². The molecule has 266 valence electrons. The molecule has 1 amide bonds. The summed E-state index contributed by atoms with van der Waals surface area (Å²) >= 11 is -0.932. The molecule has 2 radical (unpaired) electrons. The molecule has 11 heteroatoms.